The van der Waals surface area contributed by atoms with Gasteiger partial charge in [0.05, 0.1) is 6.10 Å². The predicted octanol–water partition coefficient (Wildman–Crippen LogP) is 2.20. The molecule has 1 saturated carbocycles. The van der Waals surface area contributed by atoms with Crippen molar-refractivity contribution >= 4 is 17.2 Å². The topological polar surface area (TPSA) is 49.3 Å². The van der Waals surface area contributed by atoms with E-state index in [-0.39, 0.29) is 23.8 Å². The molecule has 1 heterocycles. The van der Waals surface area contributed by atoms with Crippen molar-refractivity contribution < 1.29 is 9.90 Å². The molecule has 3 atom stereocenters. The highest BCUT2D eigenvalue weighted by molar-refractivity contribution is 7.09. The number of amides is 1. The third-order valence-electron chi connectivity index (χ3n) is 3.69. The number of nitrogens with one attached hydrogen (secondary N) is 1. The smallest absolute Gasteiger partial charge is 0.223 e. The van der Waals surface area contributed by atoms with Gasteiger partial charge >= 0.3 is 0 Å². The highest BCUT2D eigenvalue weighted by Crippen LogP contribution is 2.24. The number of aliphatic hydroxyl groups is 1. The number of hydrogen-bond acceptors (Lipinski definition) is 3. The van der Waals surface area contributed by atoms with Gasteiger partial charge in [-0.25, -0.2) is 0 Å². The van der Waals surface area contributed by atoms with E-state index in [0.29, 0.717) is 6.54 Å². The van der Waals surface area contributed by atoms with Gasteiger partial charge in [0, 0.05) is 23.3 Å². The maximum absolute atomic E-state index is 11.9. The first kappa shape index (κ1) is 13.6. The summed E-state index contributed by atoms with van der Waals surface area (Å²) in [5.41, 5.74) is 0. The normalized spacial score (nSPS) is 25.0. The Balaban J connectivity index is 1.73. The van der Waals surface area contributed by atoms with Crippen LogP contribution in [0.5, 0.6) is 0 Å². The number of rotatable bonds is 5. The lowest BCUT2D eigenvalue weighted by Gasteiger charge is -2.17. The molecule has 1 amide bonds. The van der Waals surface area contributed by atoms with Crippen molar-refractivity contribution in [3.05, 3.63) is 22.4 Å². The lowest BCUT2D eigenvalue weighted by molar-refractivity contribution is -0.124. The monoisotopic (exact) mass is 267 g/mol. The lowest BCUT2D eigenvalue weighted by atomic mass is 10.0. The molecule has 1 aliphatic carbocycles. The predicted molar refractivity (Wildman–Crippen MR) is 73.5 cm³/mol. The first-order chi connectivity index (χ1) is 8.66. The summed E-state index contributed by atoms with van der Waals surface area (Å²) in [5, 5.41) is 14.7. The fourth-order valence-corrected chi connectivity index (χ4v) is 3.32. The van der Waals surface area contributed by atoms with E-state index < -0.39 is 0 Å². The first-order valence-electron chi connectivity index (χ1n) is 6.65. The fourth-order valence-electron chi connectivity index (χ4n) is 2.48. The van der Waals surface area contributed by atoms with Crippen molar-refractivity contribution in [1.29, 1.82) is 0 Å². The van der Waals surface area contributed by atoms with Crippen molar-refractivity contribution in [2.24, 2.45) is 11.8 Å². The van der Waals surface area contributed by atoms with Crippen LogP contribution < -0.4 is 5.32 Å². The molecule has 100 valence electrons. The molecule has 0 saturated heterocycles. The van der Waals surface area contributed by atoms with Gasteiger partial charge in [-0.1, -0.05) is 19.4 Å². The first-order valence-corrected chi connectivity index (χ1v) is 7.53. The molecule has 2 rings (SSSR count). The molecule has 0 aliphatic heterocycles. The van der Waals surface area contributed by atoms with Crippen LogP contribution in [0.15, 0.2) is 17.5 Å². The summed E-state index contributed by atoms with van der Waals surface area (Å²) in [5.74, 6) is 0.354. The molecule has 1 fully saturated rings. The van der Waals surface area contributed by atoms with Crippen molar-refractivity contribution in [3.8, 4) is 0 Å². The SMILES string of the molecule is CC(Cc1cccs1)C(=O)NCC1CCCC1O. The minimum absolute atomic E-state index is 0.00203. The molecule has 0 aromatic carbocycles. The van der Waals surface area contributed by atoms with Crippen LogP contribution in [0, 0.1) is 11.8 Å². The molecule has 0 spiro atoms. The van der Waals surface area contributed by atoms with Gasteiger partial charge in [-0.3, -0.25) is 4.79 Å². The summed E-state index contributed by atoms with van der Waals surface area (Å²) in [6.07, 6.45) is 3.56. The second kappa shape index (κ2) is 6.34. The number of carbonyl (C=O) groups is 1. The number of thiophene rings is 1. The second-order valence-corrected chi connectivity index (χ2v) is 6.22. The van der Waals surface area contributed by atoms with E-state index in [1.165, 1.54) is 4.88 Å². The molecule has 0 bridgehead atoms. The standard InChI is InChI=1S/C14H21NO2S/c1-10(8-12-5-3-7-18-12)14(17)15-9-11-4-2-6-13(11)16/h3,5,7,10-11,13,16H,2,4,6,8-9H2,1H3,(H,15,17). The zero-order chi connectivity index (χ0) is 13.0. The van der Waals surface area contributed by atoms with E-state index in [2.05, 4.69) is 11.4 Å². The van der Waals surface area contributed by atoms with Crippen LogP contribution in [0.4, 0.5) is 0 Å². The summed E-state index contributed by atoms with van der Waals surface area (Å²) in [6, 6.07) is 4.08. The molecule has 3 nitrogen and oxygen atoms in total. The fraction of sp³-hybridized carbons (Fsp3) is 0.643. The van der Waals surface area contributed by atoms with Crippen LogP contribution in [-0.2, 0) is 11.2 Å². The van der Waals surface area contributed by atoms with E-state index in [1.807, 2.05) is 18.4 Å². The zero-order valence-corrected chi connectivity index (χ0v) is 11.6. The van der Waals surface area contributed by atoms with Gasteiger partial charge in [0.1, 0.15) is 0 Å². The number of carbonyl (C=O) groups excluding carboxylic acids is 1. The molecule has 4 heteroatoms. The van der Waals surface area contributed by atoms with Gasteiger partial charge in [0.2, 0.25) is 5.91 Å². The molecular formula is C14H21NO2S. The third-order valence-corrected chi connectivity index (χ3v) is 4.59. The van der Waals surface area contributed by atoms with Crippen LogP contribution in [0.25, 0.3) is 0 Å². The number of aliphatic hydroxyl groups excluding tert-OH is 1. The Bertz CT molecular complexity index is 377. The summed E-state index contributed by atoms with van der Waals surface area (Å²) in [4.78, 5) is 13.2. The van der Waals surface area contributed by atoms with E-state index in [0.717, 1.165) is 25.7 Å². The number of hydrogen-bond donors (Lipinski definition) is 2. The molecule has 0 radical (unpaired) electrons. The van der Waals surface area contributed by atoms with Gasteiger partial charge in [0.25, 0.3) is 0 Å². The quantitative estimate of drug-likeness (QED) is 0.859. The van der Waals surface area contributed by atoms with Gasteiger partial charge in [-0.2, -0.15) is 0 Å². The minimum atomic E-state index is -0.224. The second-order valence-electron chi connectivity index (χ2n) is 5.19. The Labute approximate surface area is 112 Å². The third kappa shape index (κ3) is 3.56. The molecule has 18 heavy (non-hydrogen) atoms. The Morgan fingerprint density at radius 1 is 1.61 bits per heavy atom. The average Bonchev–Trinajstić information content (AvgIpc) is 2.98. The van der Waals surface area contributed by atoms with Crippen LogP contribution in [0.3, 0.4) is 0 Å². The van der Waals surface area contributed by atoms with E-state index in [4.69, 9.17) is 0 Å². The van der Waals surface area contributed by atoms with E-state index >= 15 is 0 Å². The minimum Gasteiger partial charge on any atom is -0.393 e. The molecule has 1 aromatic rings. The van der Waals surface area contributed by atoms with Crippen molar-refractivity contribution in [1.82, 2.24) is 5.32 Å². The highest BCUT2D eigenvalue weighted by atomic mass is 32.1. The van der Waals surface area contributed by atoms with Gasteiger partial charge in [-0.05, 0) is 30.7 Å². The van der Waals surface area contributed by atoms with Crippen LogP contribution in [0.2, 0.25) is 0 Å². The van der Waals surface area contributed by atoms with Crippen LogP contribution >= 0.6 is 11.3 Å². The molecular weight excluding hydrogens is 246 g/mol. The van der Waals surface area contributed by atoms with Gasteiger partial charge in [0.15, 0.2) is 0 Å². The summed E-state index contributed by atoms with van der Waals surface area (Å²) < 4.78 is 0. The largest absolute Gasteiger partial charge is 0.393 e. The Morgan fingerprint density at radius 3 is 3.06 bits per heavy atom. The molecule has 1 aromatic heterocycles. The Morgan fingerprint density at radius 2 is 2.44 bits per heavy atom. The average molecular weight is 267 g/mol. The van der Waals surface area contributed by atoms with Crippen molar-refractivity contribution in [2.45, 2.75) is 38.7 Å². The molecule has 2 N–H and O–H groups in total. The maximum Gasteiger partial charge on any atom is 0.223 e. The molecule has 3 unspecified atom stereocenters. The highest BCUT2D eigenvalue weighted by Gasteiger charge is 2.26. The van der Waals surface area contributed by atoms with Gasteiger partial charge in [-0.15, -0.1) is 11.3 Å². The van der Waals surface area contributed by atoms with Crippen molar-refractivity contribution in [2.75, 3.05) is 6.54 Å². The van der Waals surface area contributed by atoms with E-state index in [1.54, 1.807) is 11.3 Å². The lowest BCUT2D eigenvalue weighted by Crippen LogP contribution is -2.36. The summed E-state index contributed by atoms with van der Waals surface area (Å²) in [7, 11) is 0. The summed E-state index contributed by atoms with van der Waals surface area (Å²) >= 11 is 1.69. The van der Waals surface area contributed by atoms with E-state index in [9.17, 15) is 9.90 Å². The molecule has 1 aliphatic rings. The maximum atomic E-state index is 11.9. The summed E-state index contributed by atoms with van der Waals surface area (Å²) in [6.45, 7) is 2.58. The Hall–Kier alpha value is -0.870. The van der Waals surface area contributed by atoms with Gasteiger partial charge < -0.3 is 10.4 Å². The van der Waals surface area contributed by atoms with Crippen LogP contribution in [0.1, 0.15) is 31.1 Å². The van der Waals surface area contributed by atoms with Crippen molar-refractivity contribution in [3.63, 3.8) is 0 Å². The Kier molecular flexibility index (Phi) is 4.78. The zero-order valence-electron chi connectivity index (χ0n) is 10.8. The van der Waals surface area contributed by atoms with Crippen LogP contribution in [-0.4, -0.2) is 23.7 Å².